The van der Waals surface area contributed by atoms with Crippen LogP contribution in [0.25, 0.3) is 28.1 Å². The van der Waals surface area contributed by atoms with Crippen molar-refractivity contribution in [3.63, 3.8) is 0 Å². The lowest BCUT2D eigenvalue weighted by atomic mass is 9.91. The number of amides is 1. The number of aryl methyl sites for hydroxylation is 3. The van der Waals surface area contributed by atoms with E-state index in [0.717, 1.165) is 67.5 Å². The van der Waals surface area contributed by atoms with Gasteiger partial charge in [0, 0.05) is 79.2 Å². The molecule has 1 saturated heterocycles. The molecule has 4 aliphatic rings. The van der Waals surface area contributed by atoms with Crippen LogP contribution in [-0.4, -0.2) is 80.8 Å². The van der Waals surface area contributed by atoms with Crippen LogP contribution in [0.1, 0.15) is 101 Å². The molecule has 3 aliphatic heterocycles. The number of imidazole rings is 1. The van der Waals surface area contributed by atoms with Crippen molar-refractivity contribution in [3.05, 3.63) is 135 Å². The summed E-state index contributed by atoms with van der Waals surface area (Å²) >= 11 is 0. The Hall–Kier alpha value is -6.13. The third-order valence-corrected chi connectivity index (χ3v) is 16.0. The van der Waals surface area contributed by atoms with Crippen LogP contribution in [-0.2, 0) is 26.4 Å². The molecule has 63 heavy (non-hydrogen) atoms. The summed E-state index contributed by atoms with van der Waals surface area (Å²) in [5.41, 5.74) is 5.21. The summed E-state index contributed by atoms with van der Waals surface area (Å²) in [5.74, 6) is 1.85. The number of halogens is 1. The first-order valence-electron chi connectivity index (χ1n) is 21.8. The number of ether oxygens (including phenoxy) is 1. The van der Waals surface area contributed by atoms with Crippen molar-refractivity contribution in [3.8, 4) is 17.2 Å². The number of aromatic nitrogens is 7. The van der Waals surface area contributed by atoms with E-state index in [4.69, 9.17) is 14.3 Å². The van der Waals surface area contributed by atoms with Gasteiger partial charge in [0.05, 0.1) is 32.8 Å². The zero-order chi connectivity index (χ0) is 43.4. The Morgan fingerprint density at radius 1 is 0.921 bits per heavy atom. The van der Waals surface area contributed by atoms with Gasteiger partial charge >= 0.3 is 5.69 Å². The molecule has 1 aliphatic carbocycles. The van der Waals surface area contributed by atoms with E-state index >= 15 is 9.18 Å². The first-order valence-corrected chi connectivity index (χ1v) is 23.5. The van der Waals surface area contributed by atoms with Crippen LogP contribution in [0, 0.1) is 26.6 Å². The van der Waals surface area contributed by atoms with Crippen LogP contribution in [0.4, 0.5) is 4.39 Å². The van der Waals surface area contributed by atoms with Gasteiger partial charge < -0.3 is 18.6 Å². The number of benzene rings is 3. The number of carbonyl (C=O) groups excluding carboxylic acids is 1. The van der Waals surface area contributed by atoms with E-state index in [1.807, 2.05) is 17.9 Å². The number of rotatable bonds is 8. The van der Waals surface area contributed by atoms with Crippen molar-refractivity contribution in [2.24, 2.45) is 4.36 Å². The number of carbonyl (C=O) groups is 1. The molecule has 11 rings (SSSR count). The lowest BCUT2D eigenvalue weighted by Gasteiger charge is -2.34. The van der Waals surface area contributed by atoms with Crippen molar-refractivity contribution in [2.45, 2.75) is 88.6 Å². The van der Waals surface area contributed by atoms with Gasteiger partial charge in [0.2, 0.25) is 11.8 Å². The molecule has 7 heterocycles. The minimum absolute atomic E-state index is 0.163. The summed E-state index contributed by atoms with van der Waals surface area (Å²) in [6.45, 7) is 9.60. The maximum Gasteiger partial charge on any atom is 0.338 e. The standard InChI is InChI=1S/C47H48FN9O5S/c1-28-24-36(25-29(2)42(28)48)57-43(55-20-19-54(46(55)59)35-7-9-37(10-8-35)63(60)23-5-17-49-63)41-30(3)53(18-12-38(41)52-57)44(58)40-27-34-26-33(32-13-21-61-22-14-32)6-11-39(34)56(40)47(15-16-47)45-51-50-31(4)62-45/h6-11,19-20,24-27,30,32H,5,12-18,21-23H2,1-4H3/t30-,63+/m0/s1. The van der Waals surface area contributed by atoms with Gasteiger partial charge in [0.1, 0.15) is 22.9 Å². The van der Waals surface area contributed by atoms with Crippen LogP contribution in [0.15, 0.2) is 91.5 Å². The highest BCUT2D eigenvalue weighted by atomic mass is 32.2. The Morgan fingerprint density at radius 2 is 1.67 bits per heavy atom. The molecule has 0 radical (unpaired) electrons. The number of nitrogens with zero attached hydrogens (tertiary/aromatic N) is 9. The minimum atomic E-state index is -2.46. The van der Waals surface area contributed by atoms with Crippen LogP contribution < -0.4 is 5.69 Å². The van der Waals surface area contributed by atoms with E-state index in [0.29, 0.717) is 81.9 Å². The normalized spacial score (nSPS) is 20.9. The molecule has 14 nitrogen and oxygen atoms in total. The highest BCUT2D eigenvalue weighted by molar-refractivity contribution is 7.93. The monoisotopic (exact) mass is 869 g/mol. The Bertz CT molecular complexity index is 3150. The van der Waals surface area contributed by atoms with Crippen molar-refractivity contribution in [2.75, 3.05) is 32.1 Å². The highest BCUT2D eigenvalue weighted by Gasteiger charge is 2.53. The first-order chi connectivity index (χ1) is 30.4. The zero-order valence-electron chi connectivity index (χ0n) is 35.7. The largest absolute Gasteiger partial charge is 0.423 e. The van der Waals surface area contributed by atoms with E-state index in [1.54, 1.807) is 78.8 Å². The first kappa shape index (κ1) is 39.7. The number of hydrogen-bond donors (Lipinski definition) is 0. The third kappa shape index (κ3) is 6.34. The van der Waals surface area contributed by atoms with Gasteiger partial charge in [-0.2, -0.15) is 5.10 Å². The van der Waals surface area contributed by atoms with Gasteiger partial charge in [0.15, 0.2) is 0 Å². The lowest BCUT2D eigenvalue weighted by molar-refractivity contribution is 0.0663. The van der Waals surface area contributed by atoms with Gasteiger partial charge in [0.25, 0.3) is 5.91 Å². The quantitative estimate of drug-likeness (QED) is 0.152. The van der Waals surface area contributed by atoms with E-state index in [-0.39, 0.29) is 17.4 Å². The third-order valence-electron chi connectivity index (χ3n) is 13.6. The Kier molecular flexibility index (Phi) is 9.28. The SMILES string of the molecule is Cc1nnc(C2(n3c(C(=O)N4CCc5nn(-c6cc(C)c(F)c(C)c6)c(-n6ccn(-c7ccc([S@@]8(=O)=NCCC8)cc7)c6=O)c5[C@@H]4C)cc4cc(C5CCOCC5)ccc43)CC2)o1. The van der Waals surface area contributed by atoms with E-state index in [2.05, 4.69) is 37.3 Å². The van der Waals surface area contributed by atoms with Crippen LogP contribution in [0.3, 0.4) is 0 Å². The second-order valence-corrected chi connectivity index (χ2v) is 19.9. The van der Waals surface area contributed by atoms with Crippen LogP contribution in [0.5, 0.6) is 0 Å². The van der Waals surface area contributed by atoms with Crippen molar-refractivity contribution in [1.82, 2.24) is 38.6 Å². The maximum absolute atomic E-state index is 15.4. The van der Waals surface area contributed by atoms with Crippen LogP contribution >= 0.6 is 0 Å². The molecular weight excluding hydrogens is 822 g/mol. The molecule has 2 atom stereocenters. The second-order valence-electron chi connectivity index (χ2n) is 17.5. The predicted molar refractivity (Wildman–Crippen MR) is 234 cm³/mol. The van der Waals surface area contributed by atoms with Crippen molar-refractivity contribution >= 4 is 26.5 Å². The summed E-state index contributed by atoms with van der Waals surface area (Å²) in [6.07, 6.45) is 7.98. The topological polar surface area (TPSA) is 148 Å². The molecule has 1 saturated carbocycles. The highest BCUT2D eigenvalue weighted by Crippen LogP contribution is 2.52. The molecule has 0 N–H and O–H groups in total. The van der Waals surface area contributed by atoms with E-state index in [9.17, 15) is 9.00 Å². The molecule has 2 fully saturated rings. The van der Waals surface area contributed by atoms with E-state index < -0.39 is 21.3 Å². The molecular formula is C47H48FN9O5S. The smallest absolute Gasteiger partial charge is 0.338 e. The Labute approximate surface area is 363 Å². The molecule has 7 aromatic rings. The van der Waals surface area contributed by atoms with Crippen LogP contribution in [0.2, 0.25) is 0 Å². The molecule has 0 bridgehead atoms. The predicted octanol–water partition coefficient (Wildman–Crippen LogP) is 7.64. The van der Waals surface area contributed by atoms with E-state index in [1.165, 1.54) is 10.1 Å². The molecule has 0 spiro atoms. The van der Waals surface area contributed by atoms with Gasteiger partial charge in [-0.15, -0.1) is 10.2 Å². The second kappa shape index (κ2) is 14.7. The number of fused-ring (bicyclic) bond motifs is 2. The Balaban J connectivity index is 1.03. The van der Waals surface area contributed by atoms with Gasteiger partial charge in [-0.1, -0.05) is 6.07 Å². The lowest BCUT2D eigenvalue weighted by Crippen LogP contribution is -2.41. The van der Waals surface area contributed by atoms with Gasteiger partial charge in [-0.25, -0.2) is 22.4 Å². The number of hydrogen-bond acceptors (Lipinski definition) is 9. The average Bonchev–Trinajstić information content (AvgIpc) is 3.80. The molecule has 0 unspecified atom stereocenters. The van der Waals surface area contributed by atoms with Gasteiger partial charge in [-0.05, 0) is 130 Å². The molecule has 16 heteroatoms. The minimum Gasteiger partial charge on any atom is -0.423 e. The summed E-state index contributed by atoms with van der Waals surface area (Å²) in [5, 5.41) is 14.7. The molecule has 3 aromatic carbocycles. The maximum atomic E-state index is 15.4. The fraction of sp³-hybridized carbons (Fsp3) is 0.383. The van der Waals surface area contributed by atoms with Crippen molar-refractivity contribution in [1.29, 1.82) is 0 Å². The summed E-state index contributed by atoms with van der Waals surface area (Å²) in [6, 6.07) is 18.6. The molecule has 324 valence electrons. The fourth-order valence-corrected chi connectivity index (χ4v) is 12.1. The zero-order valence-corrected chi connectivity index (χ0v) is 36.5. The molecule has 4 aromatic heterocycles. The van der Waals surface area contributed by atoms with Gasteiger partial charge in [-0.3, -0.25) is 13.9 Å². The fourth-order valence-electron chi connectivity index (χ4n) is 10.1. The Morgan fingerprint density at radius 3 is 2.35 bits per heavy atom. The molecule has 1 amide bonds. The average molecular weight is 870 g/mol. The van der Waals surface area contributed by atoms with Crippen molar-refractivity contribution < 1.29 is 22.5 Å². The summed E-state index contributed by atoms with van der Waals surface area (Å²) < 4.78 is 51.5. The summed E-state index contributed by atoms with van der Waals surface area (Å²) in [7, 11) is -2.46. The summed E-state index contributed by atoms with van der Waals surface area (Å²) in [4.78, 5) is 32.6.